The monoisotopic (exact) mass is 412 g/mol. The van der Waals surface area contributed by atoms with Gasteiger partial charge in [0.15, 0.2) is 0 Å². The maximum Gasteiger partial charge on any atom is 0.261 e. The fraction of sp³-hybridized carbons (Fsp3) is 0.350. The normalized spacial score (nSPS) is 14.9. The van der Waals surface area contributed by atoms with Crippen molar-refractivity contribution in [1.82, 2.24) is 24.7 Å². The number of pyridine rings is 1. The van der Waals surface area contributed by atoms with Crippen LogP contribution in [0.15, 0.2) is 23.1 Å². The Labute approximate surface area is 171 Å². The Morgan fingerprint density at radius 3 is 2.76 bits per heavy atom. The second-order valence-electron chi connectivity index (χ2n) is 7.23. The summed E-state index contributed by atoms with van der Waals surface area (Å²) in [6.07, 6.45) is 1.78. The topological polar surface area (TPSA) is 91.8 Å². The zero-order valence-electron chi connectivity index (χ0n) is 16.3. The summed E-state index contributed by atoms with van der Waals surface area (Å²) in [5.74, 6) is 0.442. The molecule has 2 N–H and O–H groups in total. The molecule has 1 fully saturated rings. The minimum Gasteiger partial charge on any atom is -0.378 e. The maximum atomic E-state index is 12.8. The largest absolute Gasteiger partial charge is 0.378 e. The smallest absolute Gasteiger partial charge is 0.261 e. The van der Waals surface area contributed by atoms with Crippen molar-refractivity contribution in [2.24, 2.45) is 0 Å². The molecular formula is C20H21ClN6O2. The molecule has 1 aliphatic rings. The summed E-state index contributed by atoms with van der Waals surface area (Å²) in [6, 6.07) is 4.12. The molecule has 0 spiro atoms. The number of aromatic nitrogens is 5. The van der Waals surface area contributed by atoms with E-state index in [4.69, 9.17) is 16.3 Å². The third kappa shape index (κ3) is 2.99. The Kier molecular flexibility index (Phi) is 4.33. The lowest BCUT2D eigenvalue weighted by Gasteiger charge is -2.30. The Hall–Kier alpha value is -2.84. The highest BCUT2D eigenvalue weighted by atomic mass is 35.5. The van der Waals surface area contributed by atoms with Gasteiger partial charge in [-0.15, -0.1) is 0 Å². The lowest BCUT2D eigenvalue weighted by Crippen LogP contribution is -2.36. The van der Waals surface area contributed by atoms with Gasteiger partial charge in [-0.25, -0.2) is 4.98 Å². The van der Waals surface area contributed by atoms with E-state index in [0.717, 1.165) is 48.6 Å². The lowest BCUT2D eigenvalue weighted by molar-refractivity contribution is 0.122. The molecule has 0 amide bonds. The Morgan fingerprint density at radius 2 is 2.00 bits per heavy atom. The van der Waals surface area contributed by atoms with Gasteiger partial charge in [-0.05, 0) is 31.5 Å². The first-order chi connectivity index (χ1) is 14.0. The summed E-state index contributed by atoms with van der Waals surface area (Å²) >= 11 is 6.59. The van der Waals surface area contributed by atoms with Crippen molar-refractivity contribution in [2.75, 3.05) is 31.2 Å². The van der Waals surface area contributed by atoms with Crippen molar-refractivity contribution < 1.29 is 4.74 Å². The second kappa shape index (κ2) is 6.89. The summed E-state index contributed by atoms with van der Waals surface area (Å²) in [5, 5.41) is 4.76. The van der Waals surface area contributed by atoms with Crippen LogP contribution in [0, 0.1) is 6.92 Å². The number of nitrogens with one attached hydrogen (secondary N) is 2. The van der Waals surface area contributed by atoms with Crippen LogP contribution in [0.3, 0.4) is 0 Å². The first-order valence-corrected chi connectivity index (χ1v) is 10.1. The molecule has 3 aromatic heterocycles. The molecule has 150 valence electrons. The Morgan fingerprint density at radius 1 is 1.21 bits per heavy atom. The van der Waals surface area contributed by atoms with Gasteiger partial charge in [-0.1, -0.05) is 11.6 Å². The van der Waals surface area contributed by atoms with Gasteiger partial charge in [0.05, 0.1) is 34.8 Å². The number of benzene rings is 1. The van der Waals surface area contributed by atoms with E-state index in [1.165, 1.54) is 0 Å². The van der Waals surface area contributed by atoms with Crippen molar-refractivity contribution in [3.63, 3.8) is 0 Å². The predicted octanol–water partition coefficient (Wildman–Crippen LogP) is 3.09. The van der Waals surface area contributed by atoms with Crippen LogP contribution in [0.5, 0.6) is 0 Å². The van der Waals surface area contributed by atoms with Crippen LogP contribution in [0.25, 0.3) is 33.5 Å². The molecule has 0 saturated carbocycles. The van der Waals surface area contributed by atoms with Crippen molar-refractivity contribution in [3.05, 3.63) is 39.3 Å². The first kappa shape index (κ1) is 18.2. The number of hydrogen-bond acceptors (Lipinski definition) is 5. The quantitative estimate of drug-likeness (QED) is 0.539. The van der Waals surface area contributed by atoms with Crippen LogP contribution in [0.4, 0.5) is 5.69 Å². The molecule has 5 rings (SSSR count). The highest BCUT2D eigenvalue weighted by molar-refractivity contribution is 6.37. The van der Waals surface area contributed by atoms with Gasteiger partial charge in [-0.3, -0.25) is 9.48 Å². The lowest BCUT2D eigenvalue weighted by atomic mass is 10.1. The molecule has 1 saturated heterocycles. The third-order valence-electron chi connectivity index (χ3n) is 5.38. The molecule has 0 radical (unpaired) electrons. The number of imidazole rings is 1. The average Bonchev–Trinajstić information content (AvgIpc) is 3.31. The minimum atomic E-state index is -0.290. The highest BCUT2D eigenvalue weighted by Crippen LogP contribution is 2.31. The van der Waals surface area contributed by atoms with Gasteiger partial charge in [0, 0.05) is 31.5 Å². The molecule has 0 unspecified atom stereocenters. The summed E-state index contributed by atoms with van der Waals surface area (Å²) < 4.78 is 7.20. The Bertz CT molecular complexity index is 1280. The van der Waals surface area contributed by atoms with E-state index in [2.05, 4.69) is 37.9 Å². The molecule has 0 atom stereocenters. The van der Waals surface area contributed by atoms with Crippen LogP contribution in [-0.4, -0.2) is 51.0 Å². The number of halogens is 1. The molecule has 0 aliphatic carbocycles. The summed E-state index contributed by atoms with van der Waals surface area (Å²) in [4.78, 5) is 25.8. The number of anilines is 1. The fourth-order valence-corrected chi connectivity index (χ4v) is 4.18. The summed E-state index contributed by atoms with van der Waals surface area (Å²) in [6.45, 7) is 7.90. The number of H-pyrrole nitrogens is 2. The van der Waals surface area contributed by atoms with Gasteiger partial charge < -0.3 is 19.6 Å². The predicted molar refractivity (Wildman–Crippen MR) is 114 cm³/mol. The third-order valence-corrected chi connectivity index (χ3v) is 5.74. The number of rotatable bonds is 3. The number of ether oxygens (including phenoxy) is 1. The van der Waals surface area contributed by atoms with Crippen molar-refractivity contribution in [3.8, 4) is 11.4 Å². The van der Waals surface area contributed by atoms with E-state index < -0.39 is 0 Å². The van der Waals surface area contributed by atoms with Crippen molar-refractivity contribution in [1.29, 1.82) is 0 Å². The fourth-order valence-electron chi connectivity index (χ4n) is 3.86. The molecule has 4 heterocycles. The molecule has 1 aliphatic heterocycles. The molecule has 0 bridgehead atoms. The van der Waals surface area contributed by atoms with E-state index in [1.807, 2.05) is 13.0 Å². The molecule has 29 heavy (non-hydrogen) atoms. The van der Waals surface area contributed by atoms with E-state index in [-0.39, 0.29) is 5.56 Å². The molecule has 9 heteroatoms. The standard InChI is InChI=1S/C20H21ClN6O2/c1-3-27-10-14-18(25-27)17(21)16(20(28)24-14)19-22-12-8-11(2)15(9-13(12)23-19)26-4-6-29-7-5-26/h8-10H,3-7H2,1-2H3,(H,22,23)(H,24,28). The highest BCUT2D eigenvalue weighted by Gasteiger charge is 2.20. The van der Waals surface area contributed by atoms with E-state index in [1.54, 1.807) is 10.9 Å². The van der Waals surface area contributed by atoms with Gasteiger partial charge in [0.25, 0.3) is 5.56 Å². The number of fused-ring (bicyclic) bond motifs is 2. The molecular weight excluding hydrogens is 392 g/mol. The summed E-state index contributed by atoms with van der Waals surface area (Å²) in [5.41, 5.74) is 5.14. The van der Waals surface area contributed by atoms with Crippen LogP contribution < -0.4 is 10.5 Å². The SMILES string of the molecule is CCn1cc2[nH]c(=O)c(-c3nc4cc(C)c(N5CCOCC5)cc4[nH]3)c(Cl)c2n1. The van der Waals surface area contributed by atoms with Crippen LogP contribution in [0.1, 0.15) is 12.5 Å². The second-order valence-corrected chi connectivity index (χ2v) is 7.61. The van der Waals surface area contributed by atoms with Crippen LogP contribution in [0.2, 0.25) is 5.02 Å². The van der Waals surface area contributed by atoms with E-state index >= 15 is 0 Å². The van der Waals surface area contributed by atoms with Crippen LogP contribution >= 0.6 is 11.6 Å². The first-order valence-electron chi connectivity index (χ1n) is 9.67. The zero-order chi connectivity index (χ0) is 20.1. The van der Waals surface area contributed by atoms with Gasteiger partial charge in [-0.2, -0.15) is 5.10 Å². The zero-order valence-corrected chi connectivity index (χ0v) is 17.0. The Balaban J connectivity index is 1.64. The van der Waals surface area contributed by atoms with Crippen molar-refractivity contribution in [2.45, 2.75) is 20.4 Å². The molecule has 8 nitrogen and oxygen atoms in total. The number of aromatic amines is 2. The number of nitrogens with zero attached hydrogens (tertiary/aromatic N) is 4. The van der Waals surface area contributed by atoms with E-state index in [0.29, 0.717) is 34.0 Å². The van der Waals surface area contributed by atoms with Gasteiger partial charge in [0.1, 0.15) is 16.9 Å². The molecule has 4 aromatic rings. The molecule has 1 aromatic carbocycles. The van der Waals surface area contributed by atoms with Gasteiger partial charge >= 0.3 is 0 Å². The minimum absolute atomic E-state index is 0.290. The van der Waals surface area contributed by atoms with E-state index in [9.17, 15) is 4.79 Å². The number of morpholine rings is 1. The number of hydrogen-bond donors (Lipinski definition) is 2. The maximum absolute atomic E-state index is 12.8. The number of aryl methyl sites for hydroxylation is 2. The van der Waals surface area contributed by atoms with Gasteiger partial charge in [0.2, 0.25) is 0 Å². The van der Waals surface area contributed by atoms with Crippen molar-refractivity contribution >= 4 is 39.4 Å². The summed E-state index contributed by atoms with van der Waals surface area (Å²) in [7, 11) is 0. The van der Waals surface area contributed by atoms with Crippen LogP contribution in [-0.2, 0) is 11.3 Å². The average molecular weight is 413 g/mol.